The first-order valence-electron chi connectivity index (χ1n) is 9.48. The number of hydrogen-bond acceptors (Lipinski definition) is 4. The van der Waals surface area contributed by atoms with Crippen LogP contribution in [0.3, 0.4) is 0 Å². The molecule has 0 spiro atoms. The maximum absolute atomic E-state index is 11.9. The van der Waals surface area contributed by atoms with Gasteiger partial charge in [-0.1, -0.05) is 69.9 Å². The number of rotatable bonds is 12. The van der Waals surface area contributed by atoms with E-state index >= 15 is 0 Å². The molecule has 8 heteroatoms. The number of nitro groups is 1. The van der Waals surface area contributed by atoms with Gasteiger partial charge in [-0.15, -0.1) is 0 Å². The number of thiocarbonyl (C=S) groups is 1. The Labute approximate surface area is 171 Å². The van der Waals surface area contributed by atoms with Gasteiger partial charge in [-0.25, -0.2) is 0 Å². The van der Waals surface area contributed by atoms with Crippen molar-refractivity contribution in [2.24, 2.45) is 0 Å². The van der Waals surface area contributed by atoms with E-state index in [0.29, 0.717) is 12.1 Å². The minimum Gasteiger partial charge on any atom is -0.331 e. The molecule has 1 aromatic rings. The molecule has 0 saturated heterocycles. The van der Waals surface area contributed by atoms with E-state index in [0.717, 1.165) is 19.3 Å². The average Bonchev–Trinajstić information content (AvgIpc) is 2.61. The second-order valence-corrected chi connectivity index (χ2v) is 7.32. The molecule has 0 aromatic heterocycles. The number of halogens is 1. The van der Waals surface area contributed by atoms with Gasteiger partial charge in [-0.2, -0.15) is 0 Å². The van der Waals surface area contributed by atoms with Crippen molar-refractivity contribution >= 4 is 46.2 Å². The van der Waals surface area contributed by atoms with Gasteiger partial charge in [0.1, 0.15) is 0 Å². The Kier molecular flexibility index (Phi) is 11.6. The fraction of sp³-hybridized carbons (Fsp3) is 0.579. The number of unbranched alkanes of at least 4 members (excludes halogenated alkanes) is 8. The third kappa shape index (κ3) is 10.2. The largest absolute Gasteiger partial charge is 0.331 e. The molecule has 0 aliphatic rings. The lowest BCUT2D eigenvalue weighted by Gasteiger charge is -2.10. The summed E-state index contributed by atoms with van der Waals surface area (Å²) in [5.74, 6) is -0.169. The highest BCUT2D eigenvalue weighted by molar-refractivity contribution is 7.80. The quantitative estimate of drug-likeness (QED) is 0.190. The van der Waals surface area contributed by atoms with E-state index in [1.165, 1.54) is 56.7 Å². The molecule has 0 aliphatic carbocycles. The number of nitrogens with zero attached hydrogens (tertiary/aromatic N) is 1. The number of carbonyl (C=O) groups excluding carboxylic acids is 1. The number of carbonyl (C=O) groups is 1. The summed E-state index contributed by atoms with van der Waals surface area (Å²) in [5.41, 5.74) is 0.185. The Bertz CT molecular complexity index is 641. The Morgan fingerprint density at radius 1 is 1.11 bits per heavy atom. The fourth-order valence-corrected chi connectivity index (χ4v) is 3.05. The normalized spacial score (nSPS) is 10.4. The van der Waals surface area contributed by atoms with E-state index in [4.69, 9.17) is 23.8 Å². The molecule has 0 aliphatic heterocycles. The third-order valence-corrected chi connectivity index (χ3v) is 4.70. The van der Waals surface area contributed by atoms with Crippen LogP contribution in [0.1, 0.15) is 71.1 Å². The van der Waals surface area contributed by atoms with Crippen molar-refractivity contribution in [3.05, 3.63) is 33.3 Å². The number of anilines is 1. The molecule has 0 bridgehead atoms. The lowest BCUT2D eigenvalue weighted by molar-refractivity contribution is -0.384. The highest BCUT2D eigenvalue weighted by Gasteiger charge is 2.12. The molecule has 150 valence electrons. The fourth-order valence-electron chi connectivity index (χ4n) is 2.66. The molecular formula is C19H28ClN3O3S. The maximum Gasteiger partial charge on any atom is 0.271 e. The zero-order valence-corrected chi connectivity index (χ0v) is 17.3. The maximum atomic E-state index is 11.9. The van der Waals surface area contributed by atoms with Crippen molar-refractivity contribution < 1.29 is 9.72 Å². The van der Waals surface area contributed by atoms with Gasteiger partial charge >= 0.3 is 0 Å². The minimum atomic E-state index is -0.521. The van der Waals surface area contributed by atoms with E-state index in [1.54, 1.807) is 0 Å². The zero-order valence-electron chi connectivity index (χ0n) is 15.8. The Hall–Kier alpha value is -1.73. The molecule has 1 rings (SSSR count). The lowest BCUT2D eigenvalue weighted by atomic mass is 10.1. The summed E-state index contributed by atoms with van der Waals surface area (Å²) in [6.45, 7) is 2.21. The number of hydrogen-bond donors (Lipinski definition) is 2. The van der Waals surface area contributed by atoms with E-state index in [2.05, 4.69) is 17.6 Å². The SMILES string of the molecule is CCCCCCCCCCCC(=O)NC(=S)Nc1cc([N+](=O)[O-])ccc1Cl. The number of nitrogens with one attached hydrogen (secondary N) is 2. The molecule has 0 fully saturated rings. The average molecular weight is 414 g/mol. The summed E-state index contributed by atoms with van der Waals surface area (Å²) < 4.78 is 0. The van der Waals surface area contributed by atoms with Gasteiger partial charge in [0.05, 0.1) is 15.6 Å². The van der Waals surface area contributed by atoms with Crippen LogP contribution in [0.5, 0.6) is 0 Å². The van der Waals surface area contributed by atoms with E-state index < -0.39 is 4.92 Å². The monoisotopic (exact) mass is 413 g/mol. The van der Waals surface area contributed by atoms with Crippen molar-refractivity contribution in [1.29, 1.82) is 0 Å². The van der Waals surface area contributed by atoms with Crippen LogP contribution in [0.25, 0.3) is 0 Å². The Morgan fingerprint density at radius 2 is 1.70 bits per heavy atom. The molecule has 0 saturated carbocycles. The Morgan fingerprint density at radius 3 is 2.30 bits per heavy atom. The van der Waals surface area contributed by atoms with Crippen molar-refractivity contribution in [3.63, 3.8) is 0 Å². The van der Waals surface area contributed by atoms with Crippen LogP contribution in [-0.2, 0) is 4.79 Å². The van der Waals surface area contributed by atoms with Gasteiger partial charge in [0, 0.05) is 18.6 Å². The van der Waals surface area contributed by atoms with Gasteiger partial charge < -0.3 is 10.6 Å². The van der Waals surface area contributed by atoms with E-state index in [-0.39, 0.29) is 21.7 Å². The second-order valence-electron chi connectivity index (χ2n) is 6.50. The molecule has 27 heavy (non-hydrogen) atoms. The first-order valence-corrected chi connectivity index (χ1v) is 10.3. The van der Waals surface area contributed by atoms with Crippen molar-refractivity contribution in [2.45, 2.75) is 71.1 Å². The molecule has 0 radical (unpaired) electrons. The highest BCUT2D eigenvalue weighted by atomic mass is 35.5. The smallest absolute Gasteiger partial charge is 0.271 e. The van der Waals surface area contributed by atoms with Crippen LogP contribution in [0.4, 0.5) is 11.4 Å². The molecule has 0 unspecified atom stereocenters. The number of amides is 1. The molecular weight excluding hydrogens is 386 g/mol. The van der Waals surface area contributed by atoms with Crippen LogP contribution >= 0.6 is 23.8 Å². The van der Waals surface area contributed by atoms with Crippen molar-refractivity contribution in [3.8, 4) is 0 Å². The van der Waals surface area contributed by atoms with Crippen molar-refractivity contribution in [1.82, 2.24) is 5.32 Å². The molecule has 1 amide bonds. The number of nitro benzene ring substituents is 1. The van der Waals surface area contributed by atoms with Crippen LogP contribution in [0.2, 0.25) is 5.02 Å². The number of non-ortho nitro benzene ring substituents is 1. The van der Waals surface area contributed by atoms with Gasteiger partial charge in [0.15, 0.2) is 5.11 Å². The molecule has 6 nitrogen and oxygen atoms in total. The van der Waals surface area contributed by atoms with Crippen LogP contribution < -0.4 is 10.6 Å². The Balaban J connectivity index is 2.22. The van der Waals surface area contributed by atoms with Gasteiger partial charge in [0.2, 0.25) is 5.91 Å². The van der Waals surface area contributed by atoms with Gasteiger partial charge in [-0.3, -0.25) is 14.9 Å². The molecule has 2 N–H and O–H groups in total. The van der Waals surface area contributed by atoms with Crippen LogP contribution in [0, 0.1) is 10.1 Å². The van der Waals surface area contributed by atoms with E-state index in [1.807, 2.05) is 0 Å². The summed E-state index contributed by atoms with van der Waals surface area (Å²) in [4.78, 5) is 22.2. The van der Waals surface area contributed by atoms with Gasteiger partial charge in [-0.05, 0) is 24.7 Å². The summed E-state index contributed by atoms with van der Waals surface area (Å²) in [6, 6.07) is 4.00. The molecule has 0 atom stereocenters. The van der Waals surface area contributed by atoms with E-state index in [9.17, 15) is 14.9 Å². The van der Waals surface area contributed by atoms with Crippen LogP contribution in [0.15, 0.2) is 18.2 Å². The first kappa shape index (κ1) is 23.3. The predicted molar refractivity (Wildman–Crippen MR) is 114 cm³/mol. The lowest BCUT2D eigenvalue weighted by Crippen LogP contribution is -2.34. The van der Waals surface area contributed by atoms with Gasteiger partial charge in [0.25, 0.3) is 5.69 Å². The zero-order chi connectivity index (χ0) is 20.1. The molecule has 0 heterocycles. The predicted octanol–water partition coefficient (Wildman–Crippen LogP) is 5.98. The topological polar surface area (TPSA) is 84.3 Å². The number of benzene rings is 1. The third-order valence-electron chi connectivity index (χ3n) is 4.17. The van der Waals surface area contributed by atoms with Crippen LogP contribution in [-0.4, -0.2) is 15.9 Å². The summed E-state index contributed by atoms with van der Waals surface area (Å²) in [6.07, 6.45) is 11.1. The summed E-state index contributed by atoms with van der Waals surface area (Å²) in [5, 5.41) is 16.5. The standard InChI is InChI=1S/C19H28ClN3O3S/c1-2-3-4-5-6-7-8-9-10-11-18(24)22-19(27)21-17-14-15(23(25)26)12-13-16(17)20/h12-14H,2-11H2,1H3,(H2,21,22,24,27). The minimum absolute atomic E-state index is 0.0818. The second kappa shape index (κ2) is 13.4. The molecule has 1 aromatic carbocycles. The summed E-state index contributed by atoms with van der Waals surface area (Å²) in [7, 11) is 0. The highest BCUT2D eigenvalue weighted by Crippen LogP contribution is 2.26. The summed E-state index contributed by atoms with van der Waals surface area (Å²) >= 11 is 11.1. The van der Waals surface area contributed by atoms with Crippen molar-refractivity contribution in [2.75, 3.05) is 5.32 Å². The first-order chi connectivity index (χ1) is 12.9.